The maximum atomic E-state index is 9.94. The summed E-state index contributed by atoms with van der Waals surface area (Å²) in [5, 5.41) is 121. The minimum Gasteiger partial charge on any atom is -0.394 e. The number of aliphatic hydroxyl groups is 13. The molecule has 0 aromatic carbocycles. The molecule has 3 fully saturated rings. The lowest BCUT2D eigenvalue weighted by Crippen LogP contribution is -2.64. The van der Waals surface area contributed by atoms with Gasteiger partial charge in [-0.2, -0.15) is 0 Å². The van der Waals surface area contributed by atoms with Crippen molar-refractivity contribution in [2.24, 2.45) is 0 Å². The largest absolute Gasteiger partial charge is 0.394 e. The van der Waals surface area contributed by atoms with E-state index in [4.69, 9.17) is 44.8 Å². The van der Waals surface area contributed by atoms with Gasteiger partial charge in [-0.25, -0.2) is 0 Å². The minimum absolute atomic E-state index is 0.526. The molecule has 17 nitrogen and oxygen atoms in total. The molecule has 17 heteroatoms. The molecule has 0 saturated carbocycles. The highest BCUT2D eigenvalue weighted by Crippen LogP contribution is 2.28. The van der Waals surface area contributed by atoms with E-state index in [1.54, 1.807) is 0 Å². The summed E-state index contributed by atoms with van der Waals surface area (Å²) in [6.45, 7) is -1.87. The monoisotopic (exact) mass is 522 g/mol. The number of hydrogen-bond donors (Lipinski definition) is 13. The van der Waals surface area contributed by atoms with Gasteiger partial charge in [0, 0.05) is 0 Å². The molecule has 2 unspecified atom stereocenters. The first-order valence-corrected chi connectivity index (χ1v) is 10.6. The van der Waals surface area contributed by atoms with E-state index in [9.17, 15) is 35.7 Å². The fourth-order valence-electron chi connectivity index (χ4n) is 3.65. The molecule has 3 aliphatic heterocycles. The average molecular weight is 522 g/mol. The van der Waals surface area contributed by atoms with Crippen LogP contribution in [-0.2, 0) is 18.9 Å². The highest BCUT2D eigenvalue weighted by molar-refractivity contribution is 4.93. The summed E-state index contributed by atoms with van der Waals surface area (Å²) in [5.74, 6) is 0. The molecule has 208 valence electrons. The molecule has 0 spiro atoms. The van der Waals surface area contributed by atoms with Crippen molar-refractivity contribution in [3.63, 3.8) is 0 Å². The van der Waals surface area contributed by atoms with Gasteiger partial charge >= 0.3 is 0 Å². The predicted molar refractivity (Wildman–Crippen MR) is 105 cm³/mol. The summed E-state index contributed by atoms with van der Waals surface area (Å²) in [5.41, 5.74) is 0. The quantitative estimate of drug-likeness (QED) is 0.159. The summed E-state index contributed by atoms with van der Waals surface area (Å²) in [4.78, 5) is 0. The van der Waals surface area contributed by atoms with Crippen molar-refractivity contribution in [2.45, 2.75) is 92.1 Å². The second-order valence-electron chi connectivity index (χ2n) is 8.25. The van der Waals surface area contributed by atoms with Gasteiger partial charge in [-0.05, 0) is 0 Å². The van der Waals surface area contributed by atoms with Gasteiger partial charge < -0.3 is 85.3 Å². The molecule has 0 radical (unpaired) electrons. The van der Waals surface area contributed by atoms with E-state index in [1.807, 2.05) is 0 Å². The van der Waals surface area contributed by atoms with Crippen molar-refractivity contribution >= 4 is 0 Å². The molecule has 35 heavy (non-hydrogen) atoms. The van der Waals surface area contributed by atoms with E-state index >= 15 is 0 Å². The standard InChI is InChI=1S/C12H22O11.C6H12O6/c13-1-3-5(15)6(16)9(19)12(22-3)23-10-4(2-14)21-11(20)8(18)7(10)17;7-1-2-3(8)4(9)5(10)6(11)12-2/h3-20H,1-2H2;2-11H,1H2/t3-,4-,5+,6+,7-,8?,9-,10-,11?,12+;2-,3-,4+,5+,6+/m11/s1. The summed E-state index contributed by atoms with van der Waals surface area (Å²) >= 11 is 0. The normalized spacial score (nSPS) is 50.8. The van der Waals surface area contributed by atoms with Crippen LogP contribution in [0, 0.1) is 0 Å². The number of hydrogen-bond acceptors (Lipinski definition) is 17. The lowest BCUT2D eigenvalue weighted by Gasteiger charge is -2.45. The van der Waals surface area contributed by atoms with E-state index in [-0.39, 0.29) is 0 Å². The van der Waals surface area contributed by atoms with Gasteiger partial charge in [-0.3, -0.25) is 0 Å². The smallest absolute Gasteiger partial charge is 0.187 e. The first-order valence-electron chi connectivity index (χ1n) is 10.6. The predicted octanol–water partition coefficient (Wildman–Crippen LogP) is -8.62. The number of ether oxygens (including phenoxy) is 4. The lowest BCUT2D eigenvalue weighted by molar-refractivity contribution is -0.355. The van der Waals surface area contributed by atoms with E-state index < -0.39 is 112 Å². The minimum atomic E-state index is -1.74. The van der Waals surface area contributed by atoms with Crippen LogP contribution in [0.4, 0.5) is 0 Å². The topological polar surface area (TPSA) is 300 Å². The van der Waals surface area contributed by atoms with E-state index in [0.717, 1.165) is 0 Å². The number of rotatable bonds is 5. The van der Waals surface area contributed by atoms with Gasteiger partial charge in [0.2, 0.25) is 0 Å². The summed E-state index contributed by atoms with van der Waals surface area (Å²) in [6, 6.07) is 0. The molecular formula is C18H34O17. The van der Waals surface area contributed by atoms with Crippen molar-refractivity contribution in [1.29, 1.82) is 0 Å². The van der Waals surface area contributed by atoms with Gasteiger partial charge in [0.1, 0.15) is 73.2 Å². The van der Waals surface area contributed by atoms with Crippen LogP contribution in [0.15, 0.2) is 0 Å². The zero-order valence-corrected chi connectivity index (χ0v) is 18.2. The number of aliphatic hydroxyl groups excluding tert-OH is 13. The van der Waals surface area contributed by atoms with Crippen LogP contribution in [0.5, 0.6) is 0 Å². The van der Waals surface area contributed by atoms with Crippen LogP contribution >= 0.6 is 0 Å². The van der Waals surface area contributed by atoms with Gasteiger partial charge in [0.15, 0.2) is 18.9 Å². The summed E-state index contributed by atoms with van der Waals surface area (Å²) in [7, 11) is 0. The highest BCUT2D eigenvalue weighted by atomic mass is 16.7. The van der Waals surface area contributed by atoms with Crippen molar-refractivity contribution in [3.8, 4) is 0 Å². The zero-order chi connectivity index (χ0) is 26.6. The lowest BCUT2D eigenvalue weighted by atomic mass is 9.97. The Morgan fingerprint density at radius 3 is 1.31 bits per heavy atom. The molecule has 3 heterocycles. The van der Waals surface area contributed by atoms with Crippen LogP contribution < -0.4 is 0 Å². The summed E-state index contributed by atoms with van der Waals surface area (Å²) in [6.07, 6.45) is -22.6. The molecule has 0 aromatic rings. The highest BCUT2D eigenvalue weighted by Gasteiger charge is 2.50. The van der Waals surface area contributed by atoms with Crippen molar-refractivity contribution < 1.29 is 85.3 Å². The Bertz CT molecular complexity index is 619. The molecule has 15 atom stereocenters. The third-order valence-corrected chi connectivity index (χ3v) is 5.85. The molecular weight excluding hydrogens is 488 g/mol. The Labute approximate surface area is 198 Å². The maximum Gasteiger partial charge on any atom is 0.187 e. The van der Waals surface area contributed by atoms with Crippen LogP contribution in [-0.4, -0.2) is 178 Å². The van der Waals surface area contributed by atoms with Crippen LogP contribution in [0.3, 0.4) is 0 Å². The summed E-state index contributed by atoms with van der Waals surface area (Å²) < 4.78 is 19.8. The van der Waals surface area contributed by atoms with Gasteiger partial charge in [0.25, 0.3) is 0 Å². The molecule has 0 aromatic heterocycles. The van der Waals surface area contributed by atoms with Crippen LogP contribution in [0.25, 0.3) is 0 Å². The molecule has 3 aliphatic rings. The molecule has 3 rings (SSSR count). The maximum absolute atomic E-state index is 9.94. The first-order chi connectivity index (χ1) is 16.4. The van der Waals surface area contributed by atoms with Gasteiger partial charge in [-0.15, -0.1) is 0 Å². The van der Waals surface area contributed by atoms with Crippen LogP contribution in [0.1, 0.15) is 0 Å². The van der Waals surface area contributed by atoms with E-state index in [0.29, 0.717) is 0 Å². The Morgan fingerprint density at radius 1 is 0.429 bits per heavy atom. The van der Waals surface area contributed by atoms with Gasteiger partial charge in [-0.1, -0.05) is 0 Å². The Hall–Kier alpha value is -0.680. The SMILES string of the molecule is OC[C@H]1O[C@@H](O[C@H]2[C@H](O)C(O)C(O)O[C@@H]2CO)[C@H](O)[C@@H](O)[C@H]1O.OC[C@H]1O[C@H](O)[C@@H](O)[C@@H](O)[C@@H]1O. The first kappa shape index (κ1) is 30.5. The second-order valence-corrected chi connectivity index (χ2v) is 8.25. The Balaban J connectivity index is 0.000000303. The third-order valence-electron chi connectivity index (χ3n) is 5.85. The molecule has 3 saturated heterocycles. The molecule has 0 bridgehead atoms. The Morgan fingerprint density at radius 2 is 0.829 bits per heavy atom. The zero-order valence-electron chi connectivity index (χ0n) is 18.2. The Kier molecular flexibility index (Phi) is 11.5. The fourth-order valence-corrected chi connectivity index (χ4v) is 3.65. The van der Waals surface area contributed by atoms with Crippen molar-refractivity contribution in [3.05, 3.63) is 0 Å². The average Bonchev–Trinajstić information content (AvgIpc) is 2.85. The molecule has 0 aliphatic carbocycles. The molecule has 0 amide bonds. The third kappa shape index (κ3) is 6.80. The van der Waals surface area contributed by atoms with Crippen molar-refractivity contribution in [1.82, 2.24) is 0 Å². The van der Waals surface area contributed by atoms with E-state index in [1.165, 1.54) is 0 Å². The molecule has 13 N–H and O–H groups in total. The van der Waals surface area contributed by atoms with Crippen molar-refractivity contribution in [2.75, 3.05) is 19.8 Å². The fraction of sp³-hybridized carbons (Fsp3) is 1.00. The van der Waals surface area contributed by atoms with E-state index in [2.05, 4.69) is 4.74 Å². The van der Waals surface area contributed by atoms with Gasteiger partial charge in [0.05, 0.1) is 19.8 Å². The van der Waals surface area contributed by atoms with Crippen LogP contribution in [0.2, 0.25) is 0 Å². The second kappa shape index (κ2) is 13.2.